The predicted molar refractivity (Wildman–Crippen MR) is 103 cm³/mol. The molecule has 0 amide bonds. The highest BCUT2D eigenvalue weighted by molar-refractivity contribution is 9.10. The first-order valence-electron chi connectivity index (χ1n) is 7.77. The second-order valence-electron chi connectivity index (χ2n) is 5.35. The molecule has 0 aliphatic carbocycles. The van der Waals surface area contributed by atoms with Crippen molar-refractivity contribution in [2.45, 2.75) is 10.6 Å². The van der Waals surface area contributed by atoms with Crippen LogP contribution < -0.4 is 14.2 Å². The van der Waals surface area contributed by atoms with E-state index in [0.717, 1.165) is 10.2 Å². The fourth-order valence-electron chi connectivity index (χ4n) is 2.32. The largest absolute Gasteiger partial charge is 0.486 e. The topological polar surface area (TPSA) is 64.6 Å². The molecule has 2 aromatic carbocycles. The first-order valence-corrected chi connectivity index (χ1v) is 11.2. The van der Waals surface area contributed by atoms with Crippen molar-refractivity contribution in [3.8, 4) is 11.5 Å². The van der Waals surface area contributed by atoms with Gasteiger partial charge in [-0.25, -0.2) is 13.1 Å². The van der Waals surface area contributed by atoms with Crippen molar-refractivity contribution in [1.82, 2.24) is 4.72 Å². The number of ether oxygens (including phenoxy) is 2. The summed E-state index contributed by atoms with van der Waals surface area (Å²) in [6.07, 6.45) is 0. The average molecular weight is 444 g/mol. The molecule has 25 heavy (non-hydrogen) atoms. The molecule has 0 bridgehead atoms. The summed E-state index contributed by atoms with van der Waals surface area (Å²) in [7, 11) is -3.56. The van der Waals surface area contributed by atoms with Crippen molar-refractivity contribution in [2.75, 3.05) is 25.5 Å². The molecular formula is C17H18BrNO4S2. The van der Waals surface area contributed by atoms with Gasteiger partial charge in [-0.05, 0) is 23.8 Å². The molecule has 8 heteroatoms. The number of hydrogen-bond donors (Lipinski definition) is 1. The van der Waals surface area contributed by atoms with Crippen molar-refractivity contribution in [1.29, 1.82) is 0 Å². The van der Waals surface area contributed by atoms with Crippen molar-refractivity contribution < 1.29 is 17.9 Å². The zero-order chi connectivity index (χ0) is 17.7. The number of nitrogens with one attached hydrogen (secondary N) is 1. The smallest absolute Gasteiger partial charge is 0.240 e. The first kappa shape index (κ1) is 18.6. The minimum atomic E-state index is -3.56. The first-order chi connectivity index (χ1) is 12.1. The van der Waals surface area contributed by atoms with E-state index in [2.05, 4.69) is 26.7 Å². The molecule has 1 aliphatic heterocycles. The Balaban J connectivity index is 1.51. The van der Waals surface area contributed by atoms with Crippen LogP contribution in [-0.4, -0.2) is 33.9 Å². The summed E-state index contributed by atoms with van der Waals surface area (Å²) in [4.78, 5) is 0.188. The molecule has 0 saturated carbocycles. The number of thioether (sulfide) groups is 1. The monoisotopic (exact) mass is 443 g/mol. The molecule has 3 rings (SSSR count). The lowest BCUT2D eigenvalue weighted by atomic mass is 10.2. The Morgan fingerprint density at radius 2 is 1.84 bits per heavy atom. The molecule has 0 aromatic heterocycles. The van der Waals surface area contributed by atoms with Crippen LogP contribution in [0.2, 0.25) is 0 Å². The Morgan fingerprint density at radius 3 is 2.64 bits per heavy atom. The summed E-state index contributed by atoms with van der Waals surface area (Å²) in [6, 6.07) is 12.7. The highest BCUT2D eigenvalue weighted by Gasteiger charge is 2.18. The number of halogens is 1. The van der Waals surface area contributed by atoms with Crippen LogP contribution in [0.3, 0.4) is 0 Å². The van der Waals surface area contributed by atoms with Gasteiger partial charge in [-0.15, -0.1) is 0 Å². The van der Waals surface area contributed by atoms with E-state index in [1.54, 1.807) is 17.8 Å². The molecule has 0 spiro atoms. The van der Waals surface area contributed by atoms with Crippen LogP contribution in [0.15, 0.2) is 51.8 Å². The van der Waals surface area contributed by atoms with E-state index in [0.29, 0.717) is 37.0 Å². The van der Waals surface area contributed by atoms with Gasteiger partial charge in [0.25, 0.3) is 0 Å². The van der Waals surface area contributed by atoms with Crippen LogP contribution in [-0.2, 0) is 15.8 Å². The van der Waals surface area contributed by atoms with Gasteiger partial charge in [0.05, 0.1) is 4.90 Å². The van der Waals surface area contributed by atoms with E-state index in [4.69, 9.17) is 9.47 Å². The Hall–Kier alpha value is -1.22. The van der Waals surface area contributed by atoms with Gasteiger partial charge in [-0.2, -0.15) is 11.8 Å². The number of fused-ring (bicyclic) bond motifs is 1. The van der Waals surface area contributed by atoms with E-state index in [1.165, 1.54) is 17.7 Å². The van der Waals surface area contributed by atoms with E-state index < -0.39 is 10.0 Å². The summed E-state index contributed by atoms with van der Waals surface area (Å²) < 4.78 is 39.3. The lowest BCUT2D eigenvalue weighted by molar-refractivity contribution is 0.171. The second kappa shape index (κ2) is 8.44. The molecule has 0 fully saturated rings. The molecule has 2 aromatic rings. The maximum absolute atomic E-state index is 12.4. The third-order valence-corrected chi connectivity index (χ3v) is 6.82. The highest BCUT2D eigenvalue weighted by atomic mass is 79.9. The maximum Gasteiger partial charge on any atom is 0.240 e. The molecule has 1 aliphatic rings. The lowest BCUT2D eigenvalue weighted by Gasteiger charge is -2.18. The van der Waals surface area contributed by atoms with Gasteiger partial charge in [-0.1, -0.05) is 34.1 Å². The second-order valence-corrected chi connectivity index (χ2v) is 9.07. The van der Waals surface area contributed by atoms with E-state index in [9.17, 15) is 8.42 Å². The predicted octanol–water partition coefficient (Wildman–Crippen LogP) is 3.43. The summed E-state index contributed by atoms with van der Waals surface area (Å²) >= 11 is 5.19. The number of hydrogen-bond acceptors (Lipinski definition) is 5. The molecule has 0 unspecified atom stereocenters. The summed E-state index contributed by atoms with van der Waals surface area (Å²) in [6.45, 7) is 1.27. The Morgan fingerprint density at radius 1 is 1.08 bits per heavy atom. The zero-order valence-electron chi connectivity index (χ0n) is 13.4. The third kappa shape index (κ3) is 4.91. The van der Waals surface area contributed by atoms with Crippen LogP contribution in [0.4, 0.5) is 0 Å². The molecule has 5 nitrogen and oxygen atoms in total. The Labute approximate surface area is 160 Å². The van der Waals surface area contributed by atoms with E-state index in [-0.39, 0.29) is 4.90 Å². The Bertz CT molecular complexity index is 842. The molecule has 0 radical (unpaired) electrons. The fraction of sp³-hybridized carbons (Fsp3) is 0.294. The van der Waals surface area contributed by atoms with Gasteiger partial charge in [0.1, 0.15) is 13.2 Å². The molecule has 0 atom stereocenters. The maximum atomic E-state index is 12.4. The van der Waals surface area contributed by atoms with E-state index in [1.807, 2.05) is 18.2 Å². The van der Waals surface area contributed by atoms with Gasteiger partial charge in [0, 0.05) is 28.6 Å². The van der Waals surface area contributed by atoms with Crippen LogP contribution in [0.5, 0.6) is 11.5 Å². The van der Waals surface area contributed by atoms with Gasteiger partial charge in [0.15, 0.2) is 11.5 Å². The molecule has 134 valence electrons. The third-order valence-electron chi connectivity index (χ3n) is 3.58. The van der Waals surface area contributed by atoms with Crippen molar-refractivity contribution >= 4 is 37.7 Å². The van der Waals surface area contributed by atoms with E-state index >= 15 is 0 Å². The van der Waals surface area contributed by atoms with Crippen LogP contribution >= 0.6 is 27.7 Å². The quantitative estimate of drug-likeness (QED) is 0.663. The van der Waals surface area contributed by atoms with Crippen LogP contribution in [0.1, 0.15) is 5.56 Å². The van der Waals surface area contributed by atoms with Crippen molar-refractivity contribution in [3.63, 3.8) is 0 Å². The molecular weight excluding hydrogens is 426 g/mol. The molecule has 1 heterocycles. The molecule has 0 saturated heterocycles. The Kier molecular flexibility index (Phi) is 6.27. The number of sulfonamides is 1. The average Bonchev–Trinajstić information content (AvgIpc) is 2.62. The summed E-state index contributed by atoms with van der Waals surface area (Å²) in [5.74, 6) is 2.56. The fourth-order valence-corrected chi connectivity index (χ4v) is 4.97. The number of rotatable bonds is 7. The van der Waals surface area contributed by atoms with Gasteiger partial charge in [0.2, 0.25) is 10.0 Å². The van der Waals surface area contributed by atoms with Crippen LogP contribution in [0.25, 0.3) is 0 Å². The van der Waals surface area contributed by atoms with Gasteiger partial charge < -0.3 is 9.47 Å². The zero-order valence-corrected chi connectivity index (χ0v) is 16.6. The lowest BCUT2D eigenvalue weighted by Crippen LogP contribution is -2.26. The minimum Gasteiger partial charge on any atom is -0.486 e. The summed E-state index contributed by atoms with van der Waals surface area (Å²) in [5.41, 5.74) is 1.20. The van der Waals surface area contributed by atoms with Gasteiger partial charge in [-0.3, -0.25) is 0 Å². The molecule has 1 N–H and O–H groups in total. The van der Waals surface area contributed by atoms with Crippen molar-refractivity contribution in [3.05, 3.63) is 52.5 Å². The highest BCUT2D eigenvalue weighted by Crippen LogP contribution is 2.32. The normalized spacial score (nSPS) is 13.6. The number of benzene rings is 2. The minimum absolute atomic E-state index is 0.188. The SMILES string of the molecule is O=S(=O)(NCCSCc1ccccc1Br)c1ccc2c(c1)OCCO2. The standard InChI is InChI=1S/C17H18BrNO4S2/c18-15-4-2-1-3-13(15)12-24-10-7-19-25(20,21)14-5-6-16-17(11-14)23-9-8-22-16/h1-6,11,19H,7-10,12H2. The summed E-state index contributed by atoms with van der Waals surface area (Å²) in [5, 5.41) is 0. The van der Waals surface area contributed by atoms with Crippen molar-refractivity contribution in [2.24, 2.45) is 0 Å². The van der Waals surface area contributed by atoms with Crippen LogP contribution in [0, 0.1) is 0 Å². The van der Waals surface area contributed by atoms with Gasteiger partial charge >= 0.3 is 0 Å².